The van der Waals surface area contributed by atoms with Crippen molar-refractivity contribution in [1.82, 2.24) is 0 Å². The number of aliphatic hydroxyl groups excluding tert-OH is 1. The summed E-state index contributed by atoms with van der Waals surface area (Å²) in [4.78, 5) is 0. The Hall–Kier alpha value is -0.350. The molecule has 0 aliphatic heterocycles. The van der Waals surface area contributed by atoms with E-state index in [0.717, 1.165) is 5.56 Å². The smallest absolute Gasteiger partial charge is 0.0696 e. The maximum atomic E-state index is 8.98. The second-order valence-electron chi connectivity index (χ2n) is 2.65. The lowest BCUT2D eigenvalue weighted by molar-refractivity contribution is 0.245. The first kappa shape index (κ1) is 9.74. The van der Waals surface area contributed by atoms with Crippen molar-refractivity contribution in [1.29, 1.82) is 0 Å². The SMILES string of the molecule is CC(O)C=Cc1ccc(I)cc1. The highest BCUT2D eigenvalue weighted by Crippen LogP contribution is 2.08. The molecule has 0 amide bonds. The lowest BCUT2D eigenvalue weighted by atomic mass is 10.2. The summed E-state index contributed by atoms with van der Waals surface area (Å²) >= 11 is 2.26. The van der Waals surface area contributed by atoms with Crippen LogP contribution in [0.4, 0.5) is 0 Å². The topological polar surface area (TPSA) is 20.2 Å². The Bertz CT molecular complexity index is 262. The monoisotopic (exact) mass is 274 g/mol. The summed E-state index contributed by atoms with van der Waals surface area (Å²) in [5.74, 6) is 0. The Kier molecular flexibility index (Phi) is 3.75. The van der Waals surface area contributed by atoms with Crippen LogP contribution in [0, 0.1) is 3.57 Å². The Morgan fingerprint density at radius 3 is 2.42 bits per heavy atom. The van der Waals surface area contributed by atoms with Crippen molar-refractivity contribution in [2.75, 3.05) is 0 Å². The molecule has 1 rings (SSSR count). The Labute approximate surface area is 86.3 Å². The molecule has 0 saturated heterocycles. The molecule has 1 aromatic carbocycles. The number of halogens is 1. The van der Waals surface area contributed by atoms with Crippen LogP contribution in [0.2, 0.25) is 0 Å². The summed E-state index contributed by atoms with van der Waals surface area (Å²) in [7, 11) is 0. The molecule has 0 heterocycles. The second-order valence-corrected chi connectivity index (χ2v) is 3.90. The highest BCUT2D eigenvalue weighted by atomic mass is 127. The predicted octanol–water partition coefficient (Wildman–Crippen LogP) is 2.69. The highest BCUT2D eigenvalue weighted by Gasteiger charge is 1.88. The summed E-state index contributed by atoms with van der Waals surface area (Å²) < 4.78 is 1.22. The van der Waals surface area contributed by atoms with E-state index in [1.165, 1.54) is 3.57 Å². The van der Waals surface area contributed by atoms with Crippen LogP contribution in [0.25, 0.3) is 6.08 Å². The van der Waals surface area contributed by atoms with Gasteiger partial charge in [-0.05, 0) is 47.2 Å². The van der Waals surface area contributed by atoms with E-state index in [9.17, 15) is 0 Å². The van der Waals surface area contributed by atoms with Gasteiger partial charge in [0, 0.05) is 3.57 Å². The van der Waals surface area contributed by atoms with Gasteiger partial charge in [-0.2, -0.15) is 0 Å². The number of rotatable bonds is 2. The number of aliphatic hydroxyl groups is 1. The molecule has 0 saturated carbocycles. The molecule has 0 aliphatic rings. The molecule has 0 fully saturated rings. The molecule has 0 bridgehead atoms. The normalized spacial score (nSPS) is 13.6. The van der Waals surface area contributed by atoms with E-state index in [0.29, 0.717) is 0 Å². The van der Waals surface area contributed by atoms with E-state index < -0.39 is 0 Å². The van der Waals surface area contributed by atoms with E-state index in [1.54, 1.807) is 13.0 Å². The summed E-state index contributed by atoms with van der Waals surface area (Å²) in [6.45, 7) is 1.74. The fourth-order valence-corrected chi connectivity index (χ4v) is 1.18. The van der Waals surface area contributed by atoms with Gasteiger partial charge in [0.1, 0.15) is 0 Å². The van der Waals surface area contributed by atoms with Gasteiger partial charge in [0.15, 0.2) is 0 Å². The third-order valence-electron chi connectivity index (χ3n) is 1.44. The number of benzene rings is 1. The minimum atomic E-state index is -0.371. The zero-order valence-electron chi connectivity index (χ0n) is 6.87. The summed E-state index contributed by atoms with van der Waals surface area (Å²) in [6, 6.07) is 8.14. The average Bonchev–Trinajstić information content (AvgIpc) is 2.03. The number of hydrogen-bond acceptors (Lipinski definition) is 1. The molecule has 1 aromatic rings. The van der Waals surface area contributed by atoms with E-state index in [1.807, 2.05) is 30.3 Å². The Morgan fingerprint density at radius 1 is 1.33 bits per heavy atom. The zero-order chi connectivity index (χ0) is 8.97. The van der Waals surface area contributed by atoms with Gasteiger partial charge in [-0.25, -0.2) is 0 Å². The van der Waals surface area contributed by atoms with E-state index in [-0.39, 0.29) is 6.10 Å². The van der Waals surface area contributed by atoms with E-state index in [2.05, 4.69) is 22.6 Å². The van der Waals surface area contributed by atoms with E-state index in [4.69, 9.17) is 5.11 Å². The molecule has 64 valence electrons. The van der Waals surface area contributed by atoms with Gasteiger partial charge in [-0.1, -0.05) is 24.3 Å². The number of hydrogen-bond donors (Lipinski definition) is 1. The van der Waals surface area contributed by atoms with Gasteiger partial charge < -0.3 is 5.11 Å². The van der Waals surface area contributed by atoms with Crippen LogP contribution in [-0.4, -0.2) is 11.2 Å². The van der Waals surface area contributed by atoms with Gasteiger partial charge >= 0.3 is 0 Å². The second kappa shape index (κ2) is 4.62. The van der Waals surface area contributed by atoms with Gasteiger partial charge in [0.05, 0.1) is 6.10 Å². The van der Waals surface area contributed by atoms with E-state index >= 15 is 0 Å². The summed E-state index contributed by atoms with van der Waals surface area (Å²) in [6.07, 6.45) is 3.31. The lowest BCUT2D eigenvalue weighted by Gasteiger charge is -1.95. The lowest BCUT2D eigenvalue weighted by Crippen LogP contribution is -1.91. The van der Waals surface area contributed by atoms with Crippen molar-refractivity contribution >= 4 is 28.7 Å². The van der Waals surface area contributed by atoms with Crippen LogP contribution < -0.4 is 0 Å². The van der Waals surface area contributed by atoms with Crippen LogP contribution in [-0.2, 0) is 0 Å². The van der Waals surface area contributed by atoms with Crippen LogP contribution >= 0.6 is 22.6 Å². The van der Waals surface area contributed by atoms with Crippen LogP contribution in [0.5, 0.6) is 0 Å². The maximum Gasteiger partial charge on any atom is 0.0696 e. The third kappa shape index (κ3) is 3.36. The standard InChI is InChI=1S/C10H11IO/c1-8(12)2-3-9-4-6-10(11)7-5-9/h2-8,12H,1H3. The highest BCUT2D eigenvalue weighted by molar-refractivity contribution is 14.1. The zero-order valence-corrected chi connectivity index (χ0v) is 9.02. The maximum absolute atomic E-state index is 8.98. The van der Waals surface area contributed by atoms with Gasteiger partial charge in [-0.15, -0.1) is 0 Å². The van der Waals surface area contributed by atoms with Crippen LogP contribution in [0.3, 0.4) is 0 Å². The molecule has 0 radical (unpaired) electrons. The Morgan fingerprint density at radius 2 is 1.92 bits per heavy atom. The molecule has 0 aromatic heterocycles. The van der Waals surface area contributed by atoms with Crippen LogP contribution in [0.15, 0.2) is 30.3 Å². The first-order valence-electron chi connectivity index (χ1n) is 3.80. The van der Waals surface area contributed by atoms with Crippen molar-refractivity contribution in [3.05, 3.63) is 39.5 Å². The molecule has 1 nitrogen and oxygen atoms in total. The fourth-order valence-electron chi connectivity index (χ4n) is 0.824. The predicted molar refractivity (Wildman–Crippen MR) is 59.9 cm³/mol. The Balaban J connectivity index is 2.71. The average molecular weight is 274 g/mol. The third-order valence-corrected chi connectivity index (χ3v) is 2.16. The fraction of sp³-hybridized carbons (Fsp3) is 0.200. The largest absolute Gasteiger partial charge is 0.389 e. The molecule has 0 spiro atoms. The molecule has 2 heteroatoms. The quantitative estimate of drug-likeness (QED) is 0.822. The van der Waals surface area contributed by atoms with Gasteiger partial charge in [0.2, 0.25) is 0 Å². The molecular weight excluding hydrogens is 263 g/mol. The minimum Gasteiger partial charge on any atom is -0.389 e. The van der Waals surface area contributed by atoms with Crippen molar-refractivity contribution < 1.29 is 5.11 Å². The van der Waals surface area contributed by atoms with Crippen LogP contribution in [0.1, 0.15) is 12.5 Å². The molecule has 12 heavy (non-hydrogen) atoms. The van der Waals surface area contributed by atoms with Crippen molar-refractivity contribution in [3.63, 3.8) is 0 Å². The summed E-state index contributed by atoms with van der Waals surface area (Å²) in [5.41, 5.74) is 1.12. The molecule has 1 unspecified atom stereocenters. The van der Waals surface area contributed by atoms with Crippen molar-refractivity contribution in [3.8, 4) is 0 Å². The molecule has 0 aliphatic carbocycles. The van der Waals surface area contributed by atoms with Gasteiger partial charge in [-0.3, -0.25) is 0 Å². The minimum absolute atomic E-state index is 0.371. The van der Waals surface area contributed by atoms with Gasteiger partial charge in [0.25, 0.3) is 0 Å². The van der Waals surface area contributed by atoms with Crippen molar-refractivity contribution in [2.24, 2.45) is 0 Å². The summed E-state index contributed by atoms with van der Waals surface area (Å²) in [5, 5.41) is 8.98. The molecule has 1 atom stereocenters. The molecule has 1 N–H and O–H groups in total. The molecular formula is C10H11IO. The first-order valence-corrected chi connectivity index (χ1v) is 4.88. The van der Waals surface area contributed by atoms with Crippen molar-refractivity contribution in [2.45, 2.75) is 13.0 Å². The first-order chi connectivity index (χ1) is 5.68.